The third-order valence-corrected chi connectivity index (χ3v) is 3.03. The van der Waals surface area contributed by atoms with Crippen molar-refractivity contribution in [3.05, 3.63) is 71.4 Å². The molecule has 3 rings (SSSR count). The summed E-state index contributed by atoms with van der Waals surface area (Å²) in [7, 11) is 0. The van der Waals surface area contributed by atoms with Crippen molar-refractivity contribution in [2.24, 2.45) is 0 Å². The Morgan fingerprint density at radius 3 is 2.58 bits per heavy atom. The van der Waals surface area contributed by atoms with E-state index in [2.05, 4.69) is 0 Å². The minimum atomic E-state index is -0.120. The number of aromatic nitrogens is 2. The molecule has 0 saturated carbocycles. The molecule has 0 bridgehead atoms. The van der Waals surface area contributed by atoms with Gasteiger partial charge in [0.05, 0.1) is 11.9 Å². The van der Waals surface area contributed by atoms with Crippen LogP contribution in [0.25, 0.3) is 10.8 Å². The van der Waals surface area contributed by atoms with Crippen molar-refractivity contribution < 1.29 is 4.84 Å². The third kappa shape index (κ3) is 2.38. The lowest BCUT2D eigenvalue weighted by molar-refractivity contribution is 0.0964. The lowest BCUT2D eigenvalue weighted by Gasteiger charge is -2.09. The van der Waals surface area contributed by atoms with Gasteiger partial charge in [-0.2, -0.15) is 4.73 Å². The van der Waals surface area contributed by atoms with Crippen LogP contribution in [0.5, 0.6) is 0 Å². The maximum atomic E-state index is 12.2. The molecular weight excluding hydrogens is 240 g/mol. The van der Waals surface area contributed by atoms with Gasteiger partial charge < -0.3 is 9.40 Å². The van der Waals surface area contributed by atoms with Gasteiger partial charge >= 0.3 is 0 Å². The summed E-state index contributed by atoms with van der Waals surface area (Å²) in [5, 5.41) is 1.60. The molecule has 0 aliphatic heterocycles. The first-order valence-corrected chi connectivity index (χ1v) is 6.19. The van der Waals surface area contributed by atoms with E-state index in [1.165, 1.54) is 4.73 Å². The van der Waals surface area contributed by atoms with Crippen LogP contribution >= 0.6 is 0 Å². The Balaban J connectivity index is 1.78. The van der Waals surface area contributed by atoms with Gasteiger partial charge in [-0.15, -0.1) is 0 Å². The van der Waals surface area contributed by atoms with Gasteiger partial charge in [0.25, 0.3) is 5.56 Å². The van der Waals surface area contributed by atoms with Crippen LogP contribution in [0.2, 0.25) is 0 Å². The normalized spacial score (nSPS) is 10.7. The van der Waals surface area contributed by atoms with E-state index in [0.29, 0.717) is 18.5 Å². The van der Waals surface area contributed by atoms with E-state index in [0.717, 1.165) is 5.39 Å². The number of hydrogen-bond donors (Lipinski definition) is 0. The van der Waals surface area contributed by atoms with Crippen molar-refractivity contribution in [2.45, 2.75) is 6.54 Å². The molecule has 0 N–H and O–H groups in total. The van der Waals surface area contributed by atoms with Gasteiger partial charge in [-0.1, -0.05) is 18.2 Å². The lowest BCUT2D eigenvalue weighted by Crippen LogP contribution is -2.28. The topological polar surface area (TPSA) is 36.2 Å². The molecule has 0 aliphatic carbocycles. The average Bonchev–Trinajstić information content (AvgIpc) is 2.95. The second-order valence-corrected chi connectivity index (χ2v) is 4.29. The van der Waals surface area contributed by atoms with E-state index in [1.807, 2.05) is 59.4 Å². The Morgan fingerprint density at radius 1 is 0.947 bits per heavy atom. The summed E-state index contributed by atoms with van der Waals surface area (Å²) in [6.07, 6.45) is 5.60. The standard InChI is InChI=1S/C15H14N2O2/c18-15-14-6-2-1-5-13(14)7-10-17(15)19-12-11-16-8-3-4-9-16/h1-10H,11-12H2. The summed E-state index contributed by atoms with van der Waals surface area (Å²) in [6.45, 7) is 1.17. The van der Waals surface area contributed by atoms with Crippen molar-refractivity contribution in [3.8, 4) is 0 Å². The van der Waals surface area contributed by atoms with Gasteiger partial charge in [0.15, 0.2) is 0 Å². The molecule has 3 aromatic rings. The maximum Gasteiger partial charge on any atom is 0.290 e. The average molecular weight is 254 g/mol. The highest BCUT2D eigenvalue weighted by atomic mass is 16.7. The molecule has 2 aromatic heterocycles. The summed E-state index contributed by atoms with van der Waals surface area (Å²) < 4.78 is 3.30. The van der Waals surface area contributed by atoms with Crippen LogP contribution in [0.1, 0.15) is 0 Å². The third-order valence-electron chi connectivity index (χ3n) is 3.03. The molecule has 0 radical (unpaired) electrons. The highest BCUT2D eigenvalue weighted by Crippen LogP contribution is 2.07. The molecule has 19 heavy (non-hydrogen) atoms. The molecule has 0 atom stereocenters. The second-order valence-electron chi connectivity index (χ2n) is 4.29. The predicted molar refractivity (Wildman–Crippen MR) is 74.1 cm³/mol. The number of fused-ring (bicyclic) bond motifs is 1. The summed E-state index contributed by atoms with van der Waals surface area (Å²) in [5.74, 6) is 0. The largest absolute Gasteiger partial charge is 0.409 e. The molecule has 2 heterocycles. The smallest absolute Gasteiger partial charge is 0.290 e. The van der Waals surface area contributed by atoms with Crippen LogP contribution in [0.15, 0.2) is 65.8 Å². The van der Waals surface area contributed by atoms with E-state index >= 15 is 0 Å². The van der Waals surface area contributed by atoms with E-state index in [9.17, 15) is 4.79 Å². The molecule has 0 spiro atoms. The van der Waals surface area contributed by atoms with Gasteiger partial charge in [-0.05, 0) is 29.7 Å². The Labute approximate surface area is 110 Å². The van der Waals surface area contributed by atoms with Gasteiger partial charge in [0, 0.05) is 18.6 Å². The molecule has 0 fully saturated rings. The van der Waals surface area contributed by atoms with E-state index in [4.69, 9.17) is 4.84 Å². The summed E-state index contributed by atoms with van der Waals surface area (Å²) in [6, 6.07) is 13.3. The number of rotatable bonds is 4. The molecule has 0 amide bonds. The Bertz CT molecular complexity index is 729. The van der Waals surface area contributed by atoms with Crippen LogP contribution in [-0.4, -0.2) is 15.9 Å². The zero-order chi connectivity index (χ0) is 13.1. The molecular formula is C15H14N2O2. The van der Waals surface area contributed by atoms with Gasteiger partial charge in [-0.3, -0.25) is 4.79 Å². The van der Waals surface area contributed by atoms with Crippen LogP contribution in [-0.2, 0) is 6.54 Å². The highest BCUT2D eigenvalue weighted by Gasteiger charge is 2.02. The first-order valence-electron chi connectivity index (χ1n) is 6.19. The highest BCUT2D eigenvalue weighted by molar-refractivity contribution is 5.80. The zero-order valence-corrected chi connectivity index (χ0v) is 10.4. The van der Waals surface area contributed by atoms with E-state index in [-0.39, 0.29) is 5.56 Å². The van der Waals surface area contributed by atoms with E-state index < -0.39 is 0 Å². The molecule has 0 saturated heterocycles. The first-order chi connectivity index (χ1) is 9.34. The second kappa shape index (κ2) is 5.02. The van der Waals surface area contributed by atoms with Crippen molar-refractivity contribution in [3.63, 3.8) is 0 Å². The number of nitrogens with zero attached hydrogens (tertiary/aromatic N) is 2. The fourth-order valence-electron chi connectivity index (χ4n) is 2.04. The molecule has 0 aliphatic rings. The Kier molecular flexibility index (Phi) is 3.06. The summed E-state index contributed by atoms with van der Waals surface area (Å²) in [5.41, 5.74) is -0.120. The monoisotopic (exact) mass is 254 g/mol. The van der Waals surface area contributed by atoms with Crippen LogP contribution < -0.4 is 10.4 Å². The van der Waals surface area contributed by atoms with Crippen molar-refractivity contribution >= 4 is 10.8 Å². The maximum absolute atomic E-state index is 12.2. The van der Waals surface area contributed by atoms with Crippen LogP contribution in [0, 0.1) is 0 Å². The molecule has 96 valence electrons. The molecule has 4 nitrogen and oxygen atoms in total. The van der Waals surface area contributed by atoms with Crippen molar-refractivity contribution in [1.29, 1.82) is 0 Å². The fourth-order valence-corrected chi connectivity index (χ4v) is 2.04. The Morgan fingerprint density at radius 2 is 1.74 bits per heavy atom. The fraction of sp³-hybridized carbons (Fsp3) is 0.133. The van der Waals surface area contributed by atoms with Crippen LogP contribution in [0.4, 0.5) is 0 Å². The van der Waals surface area contributed by atoms with Crippen molar-refractivity contribution in [2.75, 3.05) is 6.61 Å². The number of pyridine rings is 1. The van der Waals surface area contributed by atoms with Crippen molar-refractivity contribution in [1.82, 2.24) is 9.30 Å². The molecule has 0 unspecified atom stereocenters. The quantitative estimate of drug-likeness (QED) is 0.713. The SMILES string of the molecule is O=c1c2ccccc2ccn1OCCn1cccc1. The lowest BCUT2D eigenvalue weighted by atomic mass is 10.2. The predicted octanol–water partition coefficient (Wildman–Crippen LogP) is 1.93. The molecule has 1 aromatic carbocycles. The number of benzene rings is 1. The van der Waals surface area contributed by atoms with Gasteiger partial charge in [0.1, 0.15) is 6.61 Å². The van der Waals surface area contributed by atoms with E-state index in [1.54, 1.807) is 6.20 Å². The molecule has 4 heteroatoms. The Hall–Kier alpha value is -2.49. The minimum absolute atomic E-state index is 0.120. The van der Waals surface area contributed by atoms with Gasteiger partial charge in [0.2, 0.25) is 0 Å². The summed E-state index contributed by atoms with van der Waals surface area (Å²) >= 11 is 0. The van der Waals surface area contributed by atoms with Crippen LogP contribution in [0.3, 0.4) is 0 Å². The summed E-state index contributed by atoms with van der Waals surface area (Å²) in [4.78, 5) is 17.7. The van der Waals surface area contributed by atoms with Gasteiger partial charge in [-0.25, -0.2) is 0 Å². The minimum Gasteiger partial charge on any atom is -0.409 e. The zero-order valence-electron chi connectivity index (χ0n) is 10.4. The first kappa shape index (κ1) is 11.6. The number of hydrogen-bond acceptors (Lipinski definition) is 2.